The smallest absolute Gasteiger partial charge is 0.236 e. The van der Waals surface area contributed by atoms with E-state index in [1.54, 1.807) is 6.20 Å². The maximum Gasteiger partial charge on any atom is 0.236 e. The minimum absolute atomic E-state index is 0.0694. The van der Waals surface area contributed by atoms with Crippen LogP contribution in [-0.4, -0.2) is 23.5 Å². The number of nitrogens with two attached hydrogens (primary N) is 1. The third kappa shape index (κ3) is 3.54. The summed E-state index contributed by atoms with van der Waals surface area (Å²) in [5.74, 6) is -0.0694. The van der Waals surface area contributed by atoms with Crippen LogP contribution >= 0.6 is 0 Å². The quantitative estimate of drug-likeness (QED) is 0.844. The Morgan fingerprint density at radius 3 is 2.95 bits per heavy atom. The second kappa shape index (κ2) is 7.01. The number of rotatable bonds is 6. The Kier molecular flexibility index (Phi) is 5.07. The van der Waals surface area contributed by atoms with Gasteiger partial charge in [0.25, 0.3) is 0 Å². The van der Waals surface area contributed by atoms with E-state index in [-0.39, 0.29) is 5.91 Å². The molecule has 0 saturated carbocycles. The highest BCUT2D eigenvalue weighted by atomic mass is 16.2. The third-order valence-electron chi connectivity index (χ3n) is 3.35. The molecular weight excluding hydrogens is 250 g/mol. The fourth-order valence-electron chi connectivity index (χ4n) is 2.26. The Morgan fingerprint density at radius 1 is 1.35 bits per heavy atom. The first kappa shape index (κ1) is 14.5. The monoisotopic (exact) mass is 271 g/mol. The maximum atomic E-state index is 11.7. The van der Waals surface area contributed by atoms with E-state index < -0.39 is 6.04 Å². The average Bonchev–Trinajstić information content (AvgIpc) is 2.47. The van der Waals surface area contributed by atoms with E-state index in [1.807, 2.05) is 37.3 Å². The van der Waals surface area contributed by atoms with Crippen LogP contribution in [0.15, 0.2) is 36.5 Å². The van der Waals surface area contributed by atoms with E-state index >= 15 is 0 Å². The molecule has 4 nitrogen and oxygen atoms in total. The number of benzene rings is 1. The molecule has 0 spiro atoms. The Balaban J connectivity index is 1.95. The van der Waals surface area contributed by atoms with Crippen LogP contribution in [0, 0.1) is 0 Å². The molecule has 1 amide bonds. The van der Waals surface area contributed by atoms with Gasteiger partial charge < -0.3 is 11.1 Å². The van der Waals surface area contributed by atoms with Crippen molar-refractivity contribution in [3.05, 3.63) is 42.1 Å². The van der Waals surface area contributed by atoms with Gasteiger partial charge in [-0.2, -0.15) is 0 Å². The molecule has 1 aromatic carbocycles. The molecule has 0 fully saturated rings. The normalized spacial score (nSPS) is 12.3. The van der Waals surface area contributed by atoms with Gasteiger partial charge in [0.05, 0.1) is 11.6 Å². The van der Waals surface area contributed by atoms with Crippen molar-refractivity contribution in [3.8, 4) is 0 Å². The second-order valence-electron chi connectivity index (χ2n) is 4.93. The minimum Gasteiger partial charge on any atom is -0.354 e. The summed E-state index contributed by atoms with van der Waals surface area (Å²) in [5.41, 5.74) is 7.92. The summed E-state index contributed by atoms with van der Waals surface area (Å²) >= 11 is 0. The zero-order chi connectivity index (χ0) is 14.4. The molecule has 2 aromatic rings. The first-order valence-corrected chi connectivity index (χ1v) is 7.08. The largest absolute Gasteiger partial charge is 0.354 e. The number of hydrogen-bond donors (Lipinski definition) is 2. The molecule has 0 radical (unpaired) electrons. The highest BCUT2D eigenvalue weighted by Gasteiger charge is 2.11. The molecule has 1 aromatic heterocycles. The standard InChI is InChI=1S/C16H21N3O/c1-2-5-14(17)16(20)19-11-9-13-7-3-6-12-8-4-10-18-15(12)13/h3-4,6-8,10,14H,2,5,9,11,17H2,1H3,(H,19,20)/t14-/m1/s1. The van der Waals surface area contributed by atoms with Crippen molar-refractivity contribution in [1.82, 2.24) is 10.3 Å². The Morgan fingerprint density at radius 2 is 2.15 bits per heavy atom. The lowest BCUT2D eigenvalue weighted by molar-refractivity contribution is -0.122. The van der Waals surface area contributed by atoms with Gasteiger partial charge in [-0.25, -0.2) is 0 Å². The molecule has 0 aliphatic rings. The first-order valence-electron chi connectivity index (χ1n) is 7.08. The summed E-state index contributed by atoms with van der Waals surface area (Å²) in [4.78, 5) is 16.1. The number of fused-ring (bicyclic) bond motifs is 1. The van der Waals surface area contributed by atoms with Crippen LogP contribution in [0.4, 0.5) is 0 Å². The van der Waals surface area contributed by atoms with Gasteiger partial charge in [0.15, 0.2) is 0 Å². The van der Waals surface area contributed by atoms with Crippen LogP contribution < -0.4 is 11.1 Å². The molecule has 106 valence electrons. The van der Waals surface area contributed by atoms with Crippen molar-refractivity contribution in [3.63, 3.8) is 0 Å². The van der Waals surface area contributed by atoms with Gasteiger partial charge in [0.1, 0.15) is 0 Å². The van der Waals surface area contributed by atoms with E-state index in [4.69, 9.17) is 5.73 Å². The Bertz CT molecular complexity index is 577. The van der Waals surface area contributed by atoms with Crippen LogP contribution in [0.5, 0.6) is 0 Å². The topological polar surface area (TPSA) is 68.0 Å². The van der Waals surface area contributed by atoms with E-state index in [9.17, 15) is 4.79 Å². The van der Waals surface area contributed by atoms with Crippen LogP contribution in [0.1, 0.15) is 25.3 Å². The summed E-state index contributed by atoms with van der Waals surface area (Å²) in [6.45, 7) is 2.61. The van der Waals surface area contributed by atoms with Gasteiger partial charge in [0.2, 0.25) is 5.91 Å². The van der Waals surface area contributed by atoms with Crippen molar-refractivity contribution in [2.24, 2.45) is 5.73 Å². The fraction of sp³-hybridized carbons (Fsp3) is 0.375. The van der Waals surface area contributed by atoms with Crippen molar-refractivity contribution in [2.75, 3.05) is 6.54 Å². The van der Waals surface area contributed by atoms with E-state index in [0.717, 1.165) is 35.7 Å². The third-order valence-corrected chi connectivity index (χ3v) is 3.35. The molecule has 1 atom stereocenters. The number of carbonyl (C=O) groups excluding carboxylic acids is 1. The van der Waals surface area contributed by atoms with Gasteiger partial charge in [-0.1, -0.05) is 37.6 Å². The second-order valence-corrected chi connectivity index (χ2v) is 4.93. The number of aromatic nitrogens is 1. The summed E-state index contributed by atoms with van der Waals surface area (Å²) < 4.78 is 0. The molecule has 0 saturated heterocycles. The van der Waals surface area contributed by atoms with Crippen LogP contribution in [0.25, 0.3) is 10.9 Å². The SMILES string of the molecule is CCC[C@@H](N)C(=O)NCCc1cccc2cccnc12. The number of hydrogen-bond acceptors (Lipinski definition) is 3. The predicted molar refractivity (Wildman–Crippen MR) is 81.3 cm³/mol. The summed E-state index contributed by atoms with van der Waals surface area (Å²) in [6, 6.07) is 9.68. The summed E-state index contributed by atoms with van der Waals surface area (Å²) in [6.07, 6.45) is 4.20. The molecular formula is C16H21N3O. The van der Waals surface area contributed by atoms with Gasteiger partial charge >= 0.3 is 0 Å². The van der Waals surface area contributed by atoms with Crippen LogP contribution in [0.2, 0.25) is 0 Å². The van der Waals surface area contributed by atoms with Crippen molar-refractivity contribution in [2.45, 2.75) is 32.2 Å². The lowest BCUT2D eigenvalue weighted by Gasteiger charge is -2.11. The Labute approximate surface area is 119 Å². The molecule has 3 N–H and O–H groups in total. The van der Waals surface area contributed by atoms with Gasteiger partial charge in [-0.05, 0) is 24.5 Å². The zero-order valence-electron chi connectivity index (χ0n) is 11.8. The minimum atomic E-state index is -0.398. The summed E-state index contributed by atoms with van der Waals surface area (Å²) in [7, 11) is 0. The van der Waals surface area contributed by atoms with E-state index in [2.05, 4.69) is 10.3 Å². The van der Waals surface area contributed by atoms with Crippen LogP contribution in [-0.2, 0) is 11.2 Å². The number of amides is 1. The molecule has 0 aliphatic heterocycles. The molecule has 20 heavy (non-hydrogen) atoms. The molecule has 0 unspecified atom stereocenters. The first-order chi connectivity index (χ1) is 9.72. The molecule has 2 rings (SSSR count). The van der Waals surface area contributed by atoms with Gasteiger partial charge in [-0.15, -0.1) is 0 Å². The molecule has 1 heterocycles. The average molecular weight is 271 g/mol. The Hall–Kier alpha value is -1.94. The van der Waals surface area contributed by atoms with Crippen molar-refractivity contribution in [1.29, 1.82) is 0 Å². The van der Waals surface area contributed by atoms with Crippen molar-refractivity contribution >= 4 is 16.8 Å². The molecule has 0 bridgehead atoms. The fourth-order valence-corrected chi connectivity index (χ4v) is 2.26. The van der Waals surface area contributed by atoms with E-state index in [0.29, 0.717) is 6.54 Å². The number of nitrogens with one attached hydrogen (secondary N) is 1. The predicted octanol–water partition coefficient (Wildman–Crippen LogP) is 2.02. The highest BCUT2D eigenvalue weighted by molar-refractivity contribution is 5.82. The lowest BCUT2D eigenvalue weighted by atomic mass is 10.1. The number of carbonyl (C=O) groups is 1. The summed E-state index contributed by atoms with van der Waals surface area (Å²) in [5, 5.41) is 4.01. The van der Waals surface area contributed by atoms with Crippen molar-refractivity contribution < 1.29 is 4.79 Å². The zero-order valence-corrected chi connectivity index (χ0v) is 11.8. The maximum absolute atomic E-state index is 11.7. The van der Waals surface area contributed by atoms with Gasteiger partial charge in [0, 0.05) is 18.1 Å². The van der Waals surface area contributed by atoms with Crippen LogP contribution in [0.3, 0.4) is 0 Å². The number of para-hydroxylation sites is 1. The molecule has 0 aliphatic carbocycles. The molecule has 4 heteroatoms. The number of nitrogens with zero attached hydrogens (tertiary/aromatic N) is 1. The highest BCUT2D eigenvalue weighted by Crippen LogP contribution is 2.15. The lowest BCUT2D eigenvalue weighted by Crippen LogP contribution is -2.41. The number of pyridine rings is 1. The van der Waals surface area contributed by atoms with E-state index in [1.165, 1.54) is 0 Å². The van der Waals surface area contributed by atoms with Gasteiger partial charge in [-0.3, -0.25) is 9.78 Å².